The van der Waals surface area contributed by atoms with Gasteiger partial charge in [-0.1, -0.05) is 0 Å². The molecule has 0 aromatic carbocycles. The standard InChI is InChI=1S/C7H13N3O4/c1-4(8)7(13)14-10-6(12)3-2-5(9)11/h4H,2-3,8H2,1H3,(H2,9,11)(H,10,12)/t4-/m0/s1. The Morgan fingerprint density at radius 2 is 1.93 bits per heavy atom. The molecule has 0 bridgehead atoms. The lowest BCUT2D eigenvalue weighted by molar-refractivity contribution is -0.159. The van der Waals surface area contributed by atoms with Gasteiger partial charge in [0.25, 0.3) is 5.91 Å². The summed E-state index contributed by atoms with van der Waals surface area (Å²) in [7, 11) is 0. The van der Waals surface area contributed by atoms with E-state index in [0.717, 1.165) is 0 Å². The van der Waals surface area contributed by atoms with Gasteiger partial charge in [0, 0.05) is 12.8 Å². The first-order valence-corrected chi connectivity index (χ1v) is 3.97. The zero-order valence-electron chi connectivity index (χ0n) is 7.78. The quantitative estimate of drug-likeness (QED) is 0.463. The van der Waals surface area contributed by atoms with E-state index in [4.69, 9.17) is 11.5 Å². The van der Waals surface area contributed by atoms with Crippen LogP contribution in [0.3, 0.4) is 0 Å². The number of nitrogens with two attached hydrogens (primary N) is 2. The van der Waals surface area contributed by atoms with Gasteiger partial charge in [0.15, 0.2) is 0 Å². The number of hydroxylamine groups is 1. The van der Waals surface area contributed by atoms with Gasteiger partial charge >= 0.3 is 5.97 Å². The molecule has 0 fully saturated rings. The Morgan fingerprint density at radius 3 is 2.36 bits per heavy atom. The minimum atomic E-state index is -0.813. The molecule has 5 N–H and O–H groups in total. The third-order valence-corrected chi connectivity index (χ3v) is 1.24. The van der Waals surface area contributed by atoms with E-state index in [1.54, 1.807) is 0 Å². The summed E-state index contributed by atoms with van der Waals surface area (Å²) >= 11 is 0. The highest BCUT2D eigenvalue weighted by molar-refractivity contribution is 5.83. The van der Waals surface area contributed by atoms with Gasteiger partial charge in [0.05, 0.1) is 0 Å². The number of carbonyl (C=O) groups excluding carboxylic acids is 3. The van der Waals surface area contributed by atoms with Crippen molar-refractivity contribution in [1.82, 2.24) is 5.48 Å². The second-order valence-electron chi connectivity index (χ2n) is 2.70. The molecule has 0 aromatic heterocycles. The topological polar surface area (TPSA) is 125 Å². The minimum absolute atomic E-state index is 0.0957. The van der Waals surface area contributed by atoms with E-state index in [-0.39, 0.29) is 12.8 Å². The zero-order valence-corrected chi connectivity index (χ0v) is 7.78. The smallest absolute Gasteiger partial charge is 0.348 e. The maximum Gasteiger partial charge on any atom is 0.348 e. The maximum atomic E-state index is 10.8. The highest BCUT2D eigenvalue weighted by Gasteiger charge is 2.11. The van der Waals surface area contributed by atoms with Crippen molar-refractivity contribution in [2.75, 3.05) is 0 Å². The Kier molecular flexibility index (Phi) is 5.23. The molecule has 0 aliphatic rings. The van der Waals surface area contributed by atoms with Gasteiger partial charge < -0.3 is 16.3 Å². The molecule has 0 unspecified atom stereocenters. The fourth-order valence-corrected chi connectivity index (χ4v) is 0.488. The van der Waals surface area contributed by atoms with Crippen LogP contribution in [0.1, 0.15) is 19.8 Å². The molecule has 0 radical (unpaired) electrons. The van der Waals surface area contributed by atoms with Crippen molar-refractivity contribution in [3.05, 3.63) is 0 Å². The molecule has 2 amide bonds. The molecule has 7 nitrogen and oxygen atoms in total. The first-order chi connectivity index (χ1) is 6.43. The molecule has 0 aromatic rings. The molecule has 80 valence electrons. The van der Waals surface area contributed by atoms with Gasteiger partial charge in [-0.3, -0.25) is 9.59 Å². The van der Waals surface area contributed by atoms with Crippen molar-refractivity contribution in [1.29, 1.82) is 0 Å². The van der Waals surface area contributed by atoms with E-state index in [0.29, 0.717) is 0 Å². The average Bonchev–Trinajstić information content (AvgIpc) is 2.10. The highest BCUT2D eigenvalue weighted by Crippen LogP contribution is 1.88. The number of hydrogen-bond donors (Lipinski definition) is 3. The highest BCUT2D eigenvalue weighted by atomic mass is 16.7. The number of nitrogens with one attached hydrogen (secondary N) is 1. The predicted octanol–water partition coefficient (Wildman–Crippen LogP) is -1.83. The molecule has 0 saturated heterocycles. The number of hydrogen-bond acceptors (Lipinski definition) is 5. The first-order valence-electron chi connectivity index (χ1n) is 3.97. The van der Waals surface area contributed by atoms with E-state index < -0.39 is 23.8 Å². The molecular formula is C7H13N3O4. The van der Waals surface area contributed by atoms with Crippen molar-refractivity contribution in [2.45, 2.75) is 25.8 Å². The van der Waals surface area contributed by atoms with Crippen molar-refractivity contribution < 1.29 is 19.2 Å². The van der Waals surface area contributed by atoms with Crippen molar-refractivity contribution in [3.8, 4) is 0 Å². The van der Waals surface area contributed by atoms with E-state index in [1.807, 2.05) is 5.48 Å². The van der Waals surface area contributed by atoms with E-state index >= 15 is 0 Å². The van der Waals surface area contributed by atoms with Crippen LogP contribution in [0.15, 0.2) is 0 Å². The predicted molar refractivity (Wildman–Crippen MR) is 46.3 cm³/mol. The summed E-state index contributed by atoms with van der Waals surface area (Å²) in [5, 5.41) is 0. The molecule has 0 rings (SSSR count). The summed E-state index contributed by atoms with van der Waals surface area (Å²) in [4.78, 5) is 36.1. The Balaban J connectivity index is 3.64. The molecule has 0 spiro atoms. The van der Waals surface area contributed by atoms with E-state index in [1.165, 1.54) is 6.92 Å². The van der Waals surface area contributed by atoms with Crippen molar-refractivity contribution in [3.63, 3.8) is 0 Å². The molecule has 0 saturated carbocycles. The fourth-order valence-electron chi connectivity index (χ4n) is 0.488. The Labute approximate surface area is 80.7 Å². The van der Waals surface area contributed by atoms with Crippen LogP contribution in [0.5, 0.6) is 0 Å². The lowest BCUT2D eigenvalue weighted by atomic mass is 10.3. The van der Waals surface area contributed by atoms with Crippen LogP contribution in [0.25, 0.3) is 0 Å². The second-order valence-corrected chi connectivity index (χ2v) is 2.70. The van der Waals surface area contributed by atoms with Gasteiger partial charge in [0.2, 0.25) is 5.91 Å². The van der Waals surface area contributed by atoms with Crippen molar-refractivity contribution in [2.24, 2.45) is 11.5 Å². The Morgan fingerprint density at radius 1 is 1.36 bits per heavy atom. The average molecular weight is 203 g/mol. The molecule has 0 heterocycles. The summed E-state index contributed by atoms with van der Waals surface area (Å²) in [5.41, 5.74) is 11.8. The molecule has 0 aliphatic carbocycles. The number of primary amides is 1. The third-order valence-electron chi connectivity index (χ3n) is 1.24. The zero-order chi connectivity index (χ0) is 11.1. The maximum absolute atomic E-state index is 10.8. The van der Waals surface area contributed by atoms with Crippen molar-refractivity contribution >= 4 is 17.8 Å². The lowest BCUT2D eigenvalue weighted by Crippen LogP contribution is -2.36. The summed E-state index contributed by atoms with van der Waals surface area (Å²) < 4.78 is 0. The second kappa shape index (κ2) is 5.92. The van der Waals surface area contributed by atoms with Crippen LogP contribution in [0.2, 0.25) is 0 Å². The van der Waals surface area contributed by atoms with Crippen LogP contribution in [-0.4, -0.2) is 23.8 Å². The Hall–Kier alpha value is -1.63. The normalized spacial score (nSPS) is 11.6. The molecular weight excluding hydrogens is 190 g/mol. The van der Waals surface area contributed by atoms with Gasteiger partial charge in [0.1, 0.15) is 6.04 Å². The van der Waals surface area contributed by atoms with Crippen LogP contribution < -0.4 is 16.9 Å². The molecule has 1 atom stereocenters. The van der Waals surface area contributed by atoms with Gasteiger partial charge in [-0.15, -0.1) is 0 Å². The van der Waals surface area contributed by atoms with Gasteiger partial charge in [-0.05, 0) is 6.92 Å². The summed E-state index contributed by atoms with van der Waals surface area (Å²) in [5.74, 6) is -1.95. The molecule has 0 aliphatic heterocycles. The SMILES string of the molecule is C[C@H](N)C(=O)ONC(=O)CCC(N)=O. The summed E-state index contributed by atoms with van der Waals surface area (Å²) in [6.07, 6.45) is -0.219. The Bertz CT molecular complexity index is 239. The van der Waals surface area contributed by atoms with Crippen LogP contribution in [-0.2, 0) is 19.2 Å². The number of carbonyl (C=O) groups is 3. The van der Waals surface area contributed by atoms with Crippen LogP contribution >= 0.6 is 0 Å². The number of rotatable bonds is 4. The van der Waals surface area contributed by atoms with E-state index in [2.05, 4.69) is 4.84 Å². The van der Waals surface area contributed by atoms with Crippen LogP contribution in [0.4, 0.5) is 0 Å². The molecule has 14 heavy (non-hydrogen) atoms. The summed E-state index contributed by atoms with van der Waals surface area (Å²) in [6, 6.07) is -0.813. The van der Waals surface area contributed by atoms with Gasteiger partial charge in [-0.2, -0.15) is 5.48 Å². The first kappa shape index (κ1) is 12.4. The largest absolute Gasteiger partial charge is 0.370 e. The third kappa shape index (κ3) is 5.95. The monoisotopic (exact) mass is 203 g/mol. The fraction of sp³-hybridized carbons (Fsp3) is 0.571. The minimum Gasteiger partial charge on any atom is -0.370 e. The van der Waals surface area contributed by atoms with Crippen LogP contribution in [0, 0.1) is 0 Å². The lowest BCUT2D eigenvalue weighted by Gasteiger charge is -2.06. The number of amides is 2. The van der Waals surface area contributed by atoms with Gasteiger partial charge in [-0.25, -0.2) is 4.79 Å². The van der Waals surface area contributed by atoms with E-state index in [9.17, 15) is 14.4 Å². The molecule has 7 heteroatoms. The summed E-state index contributed by atoms with van der Waals surface area (Å²) in [6.45, 7) is 1.41.